The number of esters is 1. The summed E-state index contributed by atoms with van der Waals surface area (Å²) in [6.07, 6.45) is 1.07. The Morgan fingerprint density at radius 1 is 1.03 bits per heavy atom. The second-order valence-electron chi connectivity index (χ2n) is 6.86. The number of rotatable bonds is 9. The van der Waals surface area contributed by atoms with E-state index in [1.807, 2.05) is 6.92 Å². The predicted octanol–water partition coefficient (Wildman–Crippen LogP) is 2.96. The summed E-state index contributed by atoms with van der Waals surface area (Å²) in [6, 6.07) is 12.0. The van der Waals surface area contributed by atoms with Crippen LogP contribution in [0.25, 0.3) is 0 Å². The van der Waals surface area contributed by atoms with E-state index in [1.54, 1.807) is 31.2 Å². The van der Waals surface area contributed by atoms with E-state index in [-0.39, 0.29) is 10.5 Å². The lowest BCUT2D eigenvalue weighted by atomic mass is 9.95. The largest absolute Gasteiger partial charge is 0.495 e. The van der Waals surface area contributed by atoms with Gasteiger partial charge in [-0.15, -0.1) is 0 Å². The first kappa shape index (κ1) is 23.2. The molecule has 0 radical (unpaired) electrons. The van der Waals surface area contributed by atoms with Crippen LogP contribution in [-0.2, 0) is 19.6 Å². The number of amides is 1. The molecule has 30 heavy (non-hydrogen) atoms. The van der Waals surface area contributed by atoms with Crippen molar-refractivity contribution in [1.29, 1.82) is 0 Å². The molecule has 1 atom stereocenters. The fourth-order valence-electron chi connectivity index (χ4n) is 2.98. The fraction of sp³-hybridized carbons (Fsp3) is 0.333. The lowest BCUT2D eigenvalue weighted by Crippen LogP contribution is -2.52. The topological polar surface area (TPSA) is 111 Å². The van der Waals surface area contributed by atoms with Crippen molar-refractivity contribution in [1.82, 2.24) is 5.32 Å². The van der Waals surface area contributed by atoms with E-state index in [1.165, 1.54) is 38.5 Å². The molecule has 1 unspecified atom stereocenters. The van der Waals surface area contributed by atoms with Crippen molar-refractivity contribution >= 4 is 27.6 Å². The van der Waals surface area contributed by atoms with Gasteiger partial charge in [-0.05, 0) is 49.7 Å². The van der Waals surface area contributed by atoms with Gasteiger partial charge < -0.3 is 14.8 Å². The van der Waals surface area contributed by atoms with Crippen molar-refractivity contribution in [3.63, 3.8) is 0 Å². The van der Waals surface area contributed by atoms with Crippen LogP contribution in [0.15, 0.2) is 53.4 Å². The Hall–Kier alpha value is -3.07. The van der Waals surface area contributed by atoms with Gasteiger partial charge in [-0.3, -0.25) is 9.52 Å². The van der Waals surface area contributed by atoms with Crippen LogP contribution in [0.4, 0.5) is 5.69 Å². The minimum Gasteiger partial charge on any atom is -0.495 e. The highest BCUT2D eigenvalue weighted by atomic mass is 32.2. The molecule has 0 aliphatic heterocycles. The molecule has 2 N–H and O–H groups in total. The number of sulfonamides is 1. The van der Waals surface area contributed by atoms with Crippen LogP contribution in [0.1, 0.15) is 37.0 Å². The SMILES string of the molecule is CCCC(C)(NC(=O)c1ccc(S(=O)(=O)Nc2ccccc2OC)cc1)C(=O)OC. The van der Waals surface area contributed by atoms with Crippen molar-refractivity contribution in [2.75, 3.05) is 18.9 Å². The van der Waals surface area contributed by atoms with Gasteiger partial charge in [0.2, 0.25) is 0 Å². The molecule has 0 aliphatic rings. The molecule has 0 fully saturated rings. The van der Waals surface area contributed by atoms with Gasteiger partial charge in [0.05, 0.1) is 24.8 Å². The third-order valence-corrected chi connectivity index (χ3v) is 5.93. The van der Waals surface area contributed by atoms with Crippen LogP contribution >= 0.6 is 0 Å². The molecule has 0 heterocycles. The monoisotopic (exact) mass is 434 g/mol. The van der Waals surface area contributed by atoms with Gasteiger partial charge in [0.1, 0.15) is 11.3 Å². The number of benzene rings is 2. The molecule has 0 saturated heterocycles. The fourth-order valence-corrected chi connectivity index (χ4v) is 4.05. The third-order valence-electron chi connectivity index (χ3n) is 4.55. The first-order valence-electron chi connectivity index (χ1n) is 9.33. The second kappa shape index (κ2) is 9.62. The average molecular weight is 435 g/mol. The molecule has 0 spiro atoms. The molecule has 2 aromatic carbocycles. The number of carbonyl (C=O) groups is 2. The number of anilines is 1. The molecule has 162 valence electrons. The number of nitrogens with one attached hydrogen (secondary N) is 2. The summed E-state index contributed by atoms with van der Waals surface area (Å²) in [6.45, 7) is 3.48. The molecule has 0 aliphatic carbocycles. The number of para-hydroxylation sites is 2. The Morgan fingerprint density at radius 2 is 1.67 bits per heavy atom. The minimum absolute atomic E-state index is 0.0192. The molecule has 2 aromatic rings. The van der Waals surface area contributed by atoms with Crippen LogP contribution in [0.5, 0.6) is 5.75 Å². The van der Waals surface area contributed by atoms with E-state index in [2.05, 4.69) is 10.0 Å². The maximum Gasteiger partial charge on any atom is 0.331 e. The molecule has 1 amide bonds. The van der Waals surface area contributed by atoms with E-state index in [0.29, 0.717) is 24.3 Å². The van der Waals surface area contributed by atoms with E-state index >= 15 is 0 Å². The number of carbonyl (C=O) groups excluding carboxylic acids is 2. The van der Waals surface area contributed by atoms with Crippen LogP contribution in [-0.4, -0.2) is 40.1 Å². The molecule has 0 bridgehead atoms. The van der Waals surface area contributed by atoms with Crippen LogP contribution in [0, 0.1) is 0 Å². The highest BCUT2D eigenvalue weighted by Crippen LogP contribution is 2.26. The van der Waals surface area contributed by atoms with Crippen LogP contribution in [0.3, 0.4) is 0 Å². The quantitative estimate of drug-likeness (QED) is 0.587. The van der Waals surface area contributed by atoms with Crippen molar-refractivity contribution in [3.05, 3.63) is 54.1 Å². The van der Waals surface area contributed by atoms with Gasteiger partial charge in [0, 0.05) is 5.56 Å². The zero-order chi connectivity index (χ0) is 22.4. The zero-order valence-corrected chi connectivity index (χ0v) is 18.2. The molecule has 2 rings (SSSR count). The maximum absolute atomic E-state index is 12.7. The van der Waals surface area contributed by atoms with E-state index in [0.717, 1.165) is 0 Å². The Balaban J connectivity index is 2.20. The number of methoxy groups -OCH3 is 2. The van der Waals surface area contributed by atoms with Crippen molar-refractivity contribution in [2.24, 2.45) is 0 Å². The van der Waals surface area contributed by atoms with Crippen molar-refractivity contribution < 1.29 is 27.5 Å². The summed E-state index contributed by atoms with van der Waals surface area (Å²) >= 11 is 0. The molecular weight excluding hydrogens is 408 g/mol. The normalized spacial score (nSPS) is 13.1. The first-order valence-corrected chi connectivity index (χ1v) is 10.8. The number of ether oxygens (including phenoxy) is 2. The van der Waals surface area contributed by atoms with Gasteiger partial charge in [0.25, 0.3) is 15.9 Å². The maximum atomic E-state index is 12.7. The molecule has 8 nitrogen and oxygen atoms in total. The third kappa shape index (κ3) is 5.29. The zero-order valence-electron chi connectivity index (χ0n) is 17.4. The Bertz CT molecular complexity index is 1000. The second-order valence-corrected chi connectivity index (χ2v) is 8.54. The van der Waals surface area contributed by atoms with Gasteiger partial charge in [0.15, 0.2) is 0 Å². The van der Waals surface area contributed by atoms with Crippen LogP contribution in [0.2, 0.25) is 0 Å². The Morgan fingerprint density at radius 3 is 2.23 bits per heavy atom. The summed E-state index contributed by atoms with van der Waals surface area (Å²) in [7, 11) is -1.18. The van der Waals surface area contributed by atoms with Gasteiger partial charge in [-0.25, -0.2) is 13.2 Å². The summed E-state index contributed by atoms with van der Waals surface area (Å²) in [4.78, 5) is 24.6. The molecule has 9 heteroatoms. The van der Waals surface area contributed by atoms with E-state index < -0.39 is 27.4 Å². The highest BCUT2D eigenvalue weighted by Gasteiger charge is 2.35. The smallest absolute Gasteiger partial charge is 0.331 e. The standard InChI is InChI=1S/C21H26N2O6S/c1-5-14-21(2,20(25)29-4)22-19(24)15-10-12-16(13-11-15)30(26,27)23-17-8-6-7-9-18(17)28-3/h6-13,23H,5,14H2,1-4H3,(H,22,24). The highest BCUT2D eigenvalue weighted by molar-refractivity contribution is 7.92. The van der Waals surface area contributed by atoms with Crippen LogP contribution < -0.4 is 14.8 Å². The predicted molar refractivity (Wildman–Crippen MR) is 113 cm³/mol. The summed E-state index contributed by atoms with van der Waals surface area (Å²) in [5, 5.41) is 2.68. The lowest BCUT2D eigenvalue weighted by molar-refractivity contribution is -0.147. The van der Waals surface area contributed by atoms with Crippen molar-refractivity contribution in [2.45, 2.75) is 37.1 Å². The first-order chi connectivity index (χ1) is 14.2. The van der Waals surface area contributed by atoms with E-state index in [9.17, 15) is 18.0 Å². The molecule has 0 aromatic heterocycles. The van der Waals surface area contributed by atoms with E-state index in [4.69, 9.17) is 9.47 Å². The average Bonchev–Trinajstić information content (AvgIpc) is 2.73. The summed E-state index contributed by atoms with van der Waals surface area (Å²) < 4.78 is 37.7. The molecule has 0 saturated carbocycles. The summed E-state index contributed by atoms with van der Waals surface area (Å²) in [5.41, 5.74) is -0.649. The number of hydrogen-bond acceptors (Lipinski definition) is 6. The minimum atomic E-state index is -3.89. The Kier molecular flexibility index (Phi) is 7.44. The van der Waals surface area contributed by atoms with Gasteiger partial charge in [-0.1, -0.05) is 25.5 Å². The van der Waals surface area contributed by atoms with Gasteiger partial charge >= 0.3 is 5.97 Å². The lowest BCUT2D eigenvalue weighted by Gasteiger charge is -2.27. The molecular formula is C21H26N2O6S. The van der Waals surface area contributed by atoms with Gasteiger partial charge in [-0.2, -0.15) is 0 Å². The summed E-state index contributed by atoms with van der Waals surface area (Å²) in [5.74, 6) is -0.661. The van der Waals surface area contributed by atoms with Crippen molar-refractivity contribution in [3.8, 4) is 5.75 Å². The Labute approximate surface area is 176 Å². The number of hydrogen-bond donors (Lipinski definition) is 2.